The van der Waals surface area contributed by atoms with Crippen LogP contribution in [0.2, 0.25) is 0 Å². The summed E-state index contributed by atoms with van der Waals surface area (Å²) in [4.78, 5) is 11.8. The molecule has 0 bridgehead atoms. The fourth-order valence-corrected chi connectivity index (χ4v) is 1.82. The third-order valence-electron chi connectivity index (χ3n) is 1.68. The van der Waals surface area contributed by atoms with Crippen LogP contribution in [0.4, 0.5) is 0 Å². The van der Waals surface area contributed by atoms with Crippen molar-refractivity contribution in [1.29, 1.82) is 5.26 Å². The maximum absolute atomic E-state index is 10.9. The Hall–Kier alpha value is -1.93. The summed E-state index contributed by atoms with van der Waals surface area (Å²) in [6.45, 7) is 0. The van der Waals surface area contributed by atoms with Crippen LogP contribution in [0.15, 0.2) is 28.4 Å². The summed E-state index contributed by atoms with van der Waals surface area (Å²) in [6.07, 6.45) is 0. The van der Waals surface area contributed by atoms with E-state index in [1.807, 2.05) is 23.6 Å². The molecule has 0 saturated heterocycles. The van der Waals surface area contributed by atoms with Crippen molar-refractivity contribution < 1.29 is 0 Å². The molecule has 2 rings (SSSR count). The van der Waals surface area contributed by atoms with E-state index in [1.54, 1.807) is 0 Å². The van der Waals surface area contributed by atoms with Crippen molar-refractivity contribution in [2.75, 3.05) is 0 Å². The lowest BCUT2D eigenvalue weighted by atomic mass is 10.2. The van der Waals surface area contributed by atoms with Gasteiger partial charge in [0.25, 0.3) is 5.56 Å². The number of nitrogens with one attached hydrogen (secondary N) is 1. The van der Waals surface area contributed by atoms with Crippen molar-refractivity contribution >= 4 is 11.3 Å². The van der Waals surface area contributed by atoms with Crippen LogP contribution in [0.5, 0.6) is 0 Å². The van der Waals surface area contributed by atoms with Gasteiger partial charge in [-0.2, -0.15) is 10.4 Å². The molecule has 2 heterocycles. The highest BCUT2D eigenvalue weighted by Crippen LogP contribution is 2.23. The molecule has 0 saturated carbocycles. The molecule has 1 N–H and O–H groups in total. The van der Waals surface area contributed by atoms with Gasteiger partial charge in [0.05, 0.1) is 10.4 Å². The van der Waals surface area contributed by atoms with Crippen molar-refractivity contribution in [3.63, 3.8) is 0 Å². The summed E-state index contributed by atoms with van der Waals surface area (Å²) in [5.41, 5.74) is 0.472. The fourth-order valence-electron chi connectivity index (χ4n) is 1.09. The lowest BCUT2D eigenvalue weighted by Crippen LogP contribution is -2.08. The summed E-state index contributed by atoms with van der Waals surface area (Å²) in [5, 5.41) is 16.9. The Morgan fingerprint density at radius 2 is 2.43 bits per heavy atom. The predicted molar refractivity (Wildman–Crippen MR) is 52.9 cm³/mol. The van der Waals surface area contributed by atoms with Crippen molar-refractivity contribution in [2.24, 2.45) is 0 Å². The molecule has 0 aliphatic rings. The zero-order chi connectivity index (χ0) is 9.97. The van der Waals surface area contributed by atoms with E-state index in [0.717, 1.165) is 4.88 Å². The maximum Gasteiger partial charge on any atom is 0.265 e. The molecule has 0 unspecified atom stereocenters. The van der Waals surface area contributed by atoms with E-state index in [2.05, 4.69) is 10.2 Å². The van der Waals surface area contributed by atoms with Gasteiger partial charge in [-0.05, 0) is 11.4 Å². The van der Waals surface area contributed by atoms with Gasteiger partial charge in [-0.15, -0.1) is 11.3 Å². The van der Waals surface area contributed by atoms with Crippen molar-refractivity contribution in [3.05, 3.63) is 39.5 Å². The van der Waals surface area contributed by atoms with E-state index in [4.69, 9.17) is 5.26 Å². The summed E-state index contributed by atoms with van der Waals surface area (Å²) >= 11 is 1.48. The van der Waals surface area contributed by atoms with Gasteiger partial charge < -0.3 is 0 Å². The summed E-state index contributed by atoms with van der Waals surface area (Å²) in [5.74, 6) is 0. The van der Waals surface area contributed by atoms with Gasteiger partial charge in [0.1, 0.15) is 11.8 Å². The molecule has 2 aromatic heterocycles. The molecule has 0 aromatic carbocycles. The second kappa shape index (κ2) is 3.44. The lowest BCUT2D eigenvalue weighted by molar-refractivity contribution is 0.992. The number of aromatic amines is 1. The number of nitriles is 1. The minimum atomic E-state index is -0.359. The van der Waals surface area contributed by atoms with Crippen LogP contribution in [-0.4, -0.2) is 10.2 Å². The van der Waals surface area contributed by atoms with Gasteiger partial charge in [0.2, 0.25) is 0 Å². The first-order valence-electron chi connectivity index (χ1n) is 3.85. The number of H-pyrrole nitrogens is 1. The molecule has 4 nitrogen and oxygen atoms in total. The van der Waals surface area contributed by atoms with E-state index in [-0.39, 0.29) is 5.56 Å². The van der Waals surface area contributed by atoms with Gasteiger partial charge in [-0.25, -0.2) is 5.10 Å². The number of thiophene rings is 1. The number of hydrogen-bond donors (Lipinski definition) is 1. The maximum atomic E-state index is 10.9. The van der Waals surface area contributed by atoms with Crippen LogP contribution in [0.3, 0.4) is 0 Å². The summed E-state index contributed by atoms with van der Waals surface area (Å²) < 4.78 is 0. The second-order valence-corrected chi connectivity index (χ2v) is 3.53. The van der Waals surface area contributed by atoms with E-state index < -0.39 is 0 Å². The SMILES string of the molecule is N#Cc1cc(=O)[nH]nc1-c1cccs1. The quantitative estimate of drug-likeness (QED) is 0.761. The lowest BCUT2D eigenvalue weighted by Gasteiger charge is -1.96. The molecule has 0 aliphatic carbocycles. The normalized spacial score (nSPS) is 9.64. The Morgan fingerprint density at radius 3 is 3.07 bits per heavy atom. The molecule has 0 radical (unpaired) electrons. The molecule has 5 heteroatoms. The average Bonchev–Trinajstić information content (AvgIpc) is 2.70. The molecule has 14 heavy (non-hydrogen) atoms. The van der Waals surface area contributed by atoms with Crippen molar-refractivity contribution in [3.8, 4) is 16.6 Å². The Labute approximate surface area is 83.5 Å². The van der Waals surface area contributed by atoms with E-state index in [0.29, 0.717) is 11.3 Å². The Balaban J connectivity index is 2.66. The van der Waals surface area contributed by atoms with E-state index in [9.17, 15) is 4.79 Å². The van der Waals surface area contributed by atoms with Crippen LogP contribution in [0.25, 0.3) is 10.6 Å². The largest absolute Gasteiger partial charge is 0.268 e. The standard InChI is InChI=1S/C9H5N3OS/c10-5-6-4-8(13)11-12-9(6)7-2-1-3-14-7/h1-4H,(H,11,13). The van der Waals surface area contributed by atoms with E-state index >= 15 is 0 Å². The van der Waals surface area contributed by atoms with Crippen LogP contribution in [0, 0.1) is 11.3 Å². The zero-order valence-corrected chi connectivity index (χ0v) is 7.84. The first kappa shape index (κ1) is 8.66. The minimum Gasteiger partial charge on any atom is -0.268 e. The molecular weight excluding hydrogens is 198 g/mol. The summed E-state index contributed by atoms with van der Waals surface area (Å²) in [7, 11) is 0. The molecule has 0 fully saturated rings. The average molecular weight is 203 g/mol. The van der Waals surface area contributed by atoms with Crippen LogP contribution in [0.1, 0.15) is 5.56 Å². The predicted octanol–water partition coefficient (Wildman–Crippen LogP) is 1.37. The number of rotatable bonds is 1. The topological polar surface area (TPSA) is 69.5 Å². The molecule has 0 amide bonds. The molecule has 0 aliphatic heterocycles. The highest BCUT2D eigenvalue weighted by Gasteiger charge is 2.07. The third kappa shape index (κ3) is 1.43. The molecule has 0 spiro atoms. The first-order chi connectivity index (χ1) is 6.81. The third-order valence-corrected chi connectivity index (χ3v) is 2.56. The number of aromatic nitrogens is 2. The van der Waals surface area contributed by atoms with Crippen molar-refractivity contribution in [2.45, 2.75) is 0 Å². The zero-order valence-electron chi connectivity index (χ0n) is 7.02. The number of hydrogen-bond acceptors (Lipinski definition) is 4. The molecule has 68 valence electrons. The fraction of sp³-hybridized carbons (Fsp3) is 0. The molecule has 2 aromatic rings. The van der Waals surface area contributed by atoms with E-state index in [1.165, 1.54) is 17.4 Å². The van der Waals surface area contributed by atoms with Gasteiger partial charge >= 0.3 is 0 Å². The smallest absolute Gasteiger partial charge is 0.265 e. The Kier molecular flexibility index (Phi) is 2.13. The van der Waals surface area contributed by atoms with Crippen LogP contribution < -0.4 is 5.56 Å². The van der Waals surface area contributed by atoms with Gasteiger partial charge in [0.15, 0.2) is 0 Å². The van der Waals surface area contributed by atoms with Crippen LogP contribution in [-0.2, 0) is 0 Å². The molecule has 0 atom stereocenters. The minimum absolute atomic E-state index is 0.302. The summed E-state index contributed by atoms with van der Waals surface area (Å²) in [6, 6.07) is 6.92. The van der Waals surface area contributed by atoms with Crippen molar-refractivity contribution in [1.82, 2.24) is 10.2 Å². The highest BCUT2D eigenvalue weighted by atomic mass is 32.1. The highest BCUT2D eigenvalue weighted by molar-refractivity contribution is 7.13. The second-order valence-electron chi connectivity index (χ2n) is 2.58. The monoisotopic (exact) mass is 203 g/mol. The van der Waals surface area contributed by atoms with Crippen LogP contribution >= 0.6 is 11.3 Å². The van der Waals surface area contributed by atoms with Gasteiger partial charge in [-0.1, -0.05) is 6.07 Å². The number of nitrogens with zero attached hydrogens (tertiary/aromatic N) is 2. The molecular formula is C9H5N3OS. The Morgan fingerprint density at radius 1 is 1.57 bits per heavy atom. The van der Waals surface area contributed by atoms with Gasteiger partial charge in [0, 0.05) is 6.07 Å². The Bertz CT molecular complexity index is 536. The first-order valence-corrected chi connectivity index (χ1v) is 4.73. The van der Waals surface area contributed by atoms with Gasteiger partial charge in [-0.3, -0.25) is 4.79 Å².